The molecule has 0 N–H and O–H groups in total. The molecule has 0 saturated carbocycles. The molecule has 74 valence electrons. The lowest BCUT2D eigenvalue weighted by Gasteiger charge is -2.12. The van der Waals surface area contributed by atoms with Crippen LogP contribution in [0.5, 0.6) is 0 Å². The van der Waals surface area contributed by atoms with Gasteiger partial charge in [-0.05, 0) is 18.6 Å². The molecule has 0 saturated heterocycles. The van der Waals surface area contributed by atoms with Crippen LogP contribution in [0, 0.1) is 0 Å². The van der Waals surface area contributed by atoms with E-state index in [-0.39, 0.29) is 12.4 Å². The molecule has 0 spiro atoms. The summed E-state index contributed by atoms with van der Waals surface area (Å²) in [6.45, 7) is 1.13. The van der Waals surface area contributed by atoms with Gasteiger partial charge < -0.3 is 4.57 Å². The molecule has 2 aromatic rings. The Morgan fingerprint density at radius 3 is 3.07 bits per heavy atom. The zero-order chi connectivity index (χ0) is 8.67. The number of imidazole rings is 1. The number of benzene rings is 1. The SMILES string of the molecule is Cl.c1ccc2c(c1)nc1n2CCCS1. The fraction of sp³-hybridized carbons (Fsp3) is 0.300. The summed E-state index contributed by atoms with van der Waals surface area (Å²) < 4.78 is 2.32. The second kappa shape index (κ2) is 3.83. The molecule has 1 aliphatic rings. The third-order valence-electron chi connectivity index (χ3n) is 2.38. The van der Waals surface area contributed by atoms with Crippen LogP contribution in [0.4, 0.5) is 0 Å². The molecule has 1 aromatic heterocycles. The van der Waals surface area contributed by atoms with E-state index in [0.717, 1.165) is 12.1 Å². The van der Waals surface area contributed by atoms with E-state index in [1.165, 1.54) is 22.8 Å². The van der Waals surface area contributed by atoms with Gasteiger partial charge in [-0.1, -0.05) is 23.9 Å². The summed E-state index contributed by atoms with van der Waals surface area (Å²) in [5.74, 6) is 1.21. The van der Waals surface area contributed by atoms with Crippen molar-refractivity contribution in [2.24, 2.45) is 0 Å². The van der Waals surface area contributed by atoms with Gasteiger partial charge in [-0.2, -0.15) is 0 Å². The summed E-state index contributed by atoms with van der Waals surface area (Å²) in [6.07, 6.45) is 1.26. The van der Waals surface area contributed by atoms with E-state index < -0.39 is 0 Å². The van der Waals surface area contributed by atoms with Crippen molar-refractivity contribution in [3.8, 4) is 0 Å². The van der Waals surface area contributed by atoms with Crippen molar-refractivity contribution in [2.75, 3.05) is 5.75 Å². The fourth-order valence-corrected chi connectivity index (χ4v) is 2.73. The Morgan fingerprint density at radius 1 is 1.29 bits per heavy atom. The first-order chi connectivity index (χ1) is 6.45. The summed E-state index contributed by atoms with van der Waals surface area (Å²) in [5, 5.41) is 1.19. The summed E-state index contributed by atoms with van der Waals surface area (Å²) in [4.78, 5) is 4.58. The average Bonchev–Trinajstić information content (AvgIpc) is 2.56. The van der Waals surface area contributed by atoms with Crippen molar-refractivity contribution < 1.29 is 0 Å². The van der Waals surface area contributed by atoms with Crippen molar-refractivity contribution >= 4 is 35.2 Å². The Balaban J connectivity index is 0.000000750. The van der Waals surface area contributed by atoms with Crippen LogP contribution in [-0.2, 0) is 6.54 Å². The fourth-order valence-electron chi connectivity index (χ4n) is 1.77. The highest BCUT2D eigenvalue weighted by atomic mass is 35.5. The standard InChI is InChI=1S/C10H10N2S.ClH/c1-2-5-9-8(4-1)11-10-12(9)6-3-7-13-10;/h1-2,4-5H,3,6-7H2;1H. The number of fused-ring (bicyclic) bond motifs is 3. The second-order valence-corrected chi connectivity index (χ2v) is 4.30. The highest BCUT2D eigenvalue weighted by Gasteiger charge is 2.13. The molecule has 2 heterocycles. The molecule has 0 bridgehead atoms. The van der Waals surface area contributed by atoms with Crippen LogP contribution >= 0.6 is 24.2 Å². The molecule has 0 fully saturated rings. The molecular weight excluding hydrogens is 216 g/mol. The number of aromatic nitrogens is 2. The maximum atomic E-state index is 4.58. The van der Waals surface area contributed by atoms with Gasteiger partial charge in [-0.3, -0.25) is 0 Å². The molecule has 1 aliphatic heterocycles. The van der Waals surface area contributed by atoms with Crippen molar-refractivity contribution in [1.82, 2.24) is 9.55 Å². The summed E-state index contributed by atoms with van der Waals surface area (Å²) in [6, 6.07) is 8.36. The van der Waals surface area contributed by atoms with Crippen molar-refractivity contribution in [3.63, 3.8) is 0 Å². The average molecular weight is 227 g/mol. The quantitative estimate of drug-likeness (QED) is 0.688. The van der Waals surface area contributed by atoms with E-state index in [2.05, 4.69) is 27.8 Å². The smallest absolute Gasteiger partial charge is 0.169 e. The molecule has 0 aliphatic carbocycles. The predicted molar refractivity (Wildman–Crippen MR) is 62.3 cm³/mol. The van der Waals surface area contributed by atoms with E-state index in [9.17, 15) is 0 Å². The normalized spacial score (nSPS) is 14.9. The number of hydrogen-bond donors (Lipinski definition) is 0. The van der Waals surface area contributed by atoms with Gasteiger partial charge in [0.2, 0.25) is 0 Å². The van der Waals surface area contributed by atoms with E-state index in [1.807, 2.05) is 17.8 Å². The third-order valence-corrected chi connectivity index (χ3v) is 3.44. The van der Waals surface area contributed by atoms with Crippen LogP contribution in [0.3, 0.4) is 0 Å². The lowest BCUT2D eigenvalue weighted by atomic mass is 10.3. The number of para-hydroxylation sites is 2. The molecule has 14 heavy (non-hydrogen) atoms. The van der Waals surface area contributed by atoms with Crippen molar-refractivity contribution in [2.45, 2.75) is 18.1 Å². The van der Waals surface area contributed by atoms with Crippen LogP contribution < -0.4 is 0 Å². The largest absolute Gasteiger partial charge is 0.319 e. The summed E-state index contributed by atoms with van der Waals surface area (Å²) >= 11 is 1.87. The van der Waals surface area contributed by atoms with Gasteiger partial charge in [0.05, 0.1) is 11.0 Å². The lowest BCUT2D eigenvalue weighted by Crippen LogP contribution is -2.06. The number of aryl methyl sites for hydroxylation is 1. The minimum atomic E-state index is 0. The number of hydrogen-bond acceptors (Lipinski definition) is 2. The van der Waals surface area contributed by atoms with Gasteiger partial charge in [-0.15, -0.1) is 12.4 Å². The van der Waals surface area contributed by atoms with Crippen LogP contribution in [-0.4, -0.2) is 15.3 Å². The molecule has 0 amide bonds. The monoisotopic (exact) mass is 226 g/mol. The molecule has 0 atom stereocenters. The van der Waals surface area contributed by atoms with E-state index in [1.54, 1.807) is 0 Å². The minimum absolute atomic E-state index is 0. The maximum absolute atomic E-state index is 4.58. The van der Waals surface area contributed by atoms with Crippen molar-refractivity contribution in [3.05, 3.63) is 24.3 Å². The Bertz CT molecular complexity index is 452. The third kappa shape index (κ3) is 1.41. The maximum Gasteiger partial charge on any atom is 0.169 e. The number of halogens is 1. The van der Waals surface area contributed by atoms with Gasteiger partial charge >= 0.3 is 0 Å². The van der Waals surface area contributed by atoms with Crippen LogP contribution in [0.1, 0.15) is 6.42 Å². The molecule has 0 unspecified atom stereocenters. The van der Waals surface area contributed by atoms with Gasteiger partial charge in [0.25, 0.3) is 0 Å². The molecular formula is C10H11ClN2S. The Kier molecular flexibility index (Phi) is 2.70. The van der Waals surface area contributed by atoms with Crippen LogP contribution in [0.25, 0.3) is 11.0 Å². The van der Waals surface area contributed by atoms with E-state index >= 15 is 0 Å². The van der Waals surface area contributed by atoms with Gasteiger partial charge in [0, 0.05) is 12.3 Å². The molecule has 3 rings (SSSR count). The van der Waals surface area contributed by atoms with Crippen LogP contribution in [0.2, 0.25) is 0 Å². The lowest BCUT2D eigenvalue weighted by molar-refractivity contribution is 0.624. The van der Waals surface area contributed by atoms with Gasteiger partial charge in [0.15, 0.2) is 5.16 Å². The Hall–Kier alpha value is -0.670. The highest BCUT2D eigenvalue weighted by Crippen LogP contribution is 2.28. The van der Waals surface area contributed by atoms with Crippen LogP contribution in [0.15, 0.2) is 29.4 Å². The molecule has 1 aromatic carbocycles. The van der Waals surface area contributed by atoms with Crippen molar-refractivity contribution in [1.29, 1.82) is 0 Å². The zero-order valence-corrected chi connectivity index (χ0v) is 9.27. The van der Waals surface area contributed by atoms with Gasteiger partial charge in [0.1, 0.15) is 0 Å². The number of rotatable bonds is 0. The predicted octanol–water partition coefficient (Wildman–Crippen LogP) is 2.95. The Labute approximate surface area is 93.1 Å². The molecule has 0 radical (unpaired) electrons. The topological polar surface area (TPSA) is 17.8 Å². The summed E-state index contributed by atoms with van der Waals surface area (Å²) in [5.41, 5.74) is 2.41. The molecule has 2 nitrogen and oxygen atoms in total. The summed E-state index contributed by atoms with van der Waals surface area (Å²) in [7, 11) is 0. The molecule has 4 heteroatoms. The minimum Gasteiger partial charge on any atom is -0.319 e. The first kappa shape index (κ1) is 9.87. The first-order valence-corrected chi connectivity index (χ1v) is 5.52. The van der Waals surface area contributed by atoms with Gasteiger partial charge in [-0.25, -0.2) is 4.98 Å². The Morgan fingerprint density at radius 2 is 2.14 bits per heavy atom. The first-order valence-electron chi connectivity index (χ1n) is 4.53. The zero-order valence-electron chi connectivity index (χ0n) is 7.64. The number of thioether (sulfide) groups is 1. The van der Waals surface area contributed by atoms with E-state index in [4.69, 9.17) is 0 Å². The number of nitrogens with zero attached hydrogens (tertiary/aromatic N) is 2. The second-order valence-electron chi connectivity index (χ2n) is 3.24. The van der Waals surface area contributed by atoms with E-state index in [0.29, 0.717) is 0 Å². The highest BCUT2D eigenvalue weighted by molar-refractivity contribution is 7.99.